The SMILES string of the molecule is FC(F)c1ccc2ccc3cccc4ccc1c2c34. The molecule has 0 N–H and O–H groups in total. The maximum Gasteiger partial charge on any atom is 0.264 e. The van der Waals surface area contributed by atoms with Crippen LogP contribution in [0.2, 0.25) is 0 Å². The molecule has 0 spiro atoms. The number of halogens is 2. The van der Waals surface area contributed by atoms with E-state index in [9.17, 15) is 8.78 Å². The van der Waals surface area contributed by atoms with Gasteiger partial charge < -0.3 is 0 Å². The summed E-state index contributed by atoms with van der Waals surface area (Å²) in [6, 6.07) is 17.2. The maximum atomic E-state index is 13.1. The summed E-state index contributed by atoms with van der Waals surface area (Å²) in [4.78, 5) is 0. The van der Waals surface area contributed by atoms with Crippen LogP contribution in [0.5, 0.6) is 0 Å². The molecule has 0 aliphatic carbocycles. The second-order valence-electron chi connectivity index (χ2n) is 4.81. The van der Waals surface area contributed by atoms with E-state index in [1.165, 1.54) is 6.07 Å². The first-order valence-corrected chi connectivity index (χ1v) is 6.20. The smallest absolute Gasteiger partial charge is 0.205 e. The Kier molecular flexibility index (Phi) is 2.05. The lowest BCUT2D eigenvalue weighted by molar-refractivity contribution is 0.153. The highest BCUT2D eigenvalue weighted by molar-refractivity contribution is 6.23. The fourth-order valence-electron chi connectivity index (χ4n) is 2.95. The van der Waals surface area contributed by atoms with Crippen molar-refractivity contribution in [3.05, 3.63) is 60.2 Å². The molecule has 0 heterocycles. The van der Waals surface area contributed by atoms with Crippen molar-refractivity contribution in [3.63, 3.8) is 0 Å². The Balaban J connectivity index is 2.35. The van der Waals surface area contributed by atoms with Crippen LogP contribution < -0.4 is 0 Å². The van der Waals surface area contributed by atoms with Gasteiger partial charge in [0, 0.05) is 5.56 Å². The van der Waals surface area contributed by atoms with Gasteiger partial charge in [-0.2, -0.15) is 0 Å². The molecule has 0 aliphatic rings. The molecule has 92 valence electrons. The minimum atomic E-state index is -2.44. The fraction of sp³-hybridized carbons (Fsp3) is 0.0588. The van der Waals surface area contributed by atoms with E-state index in [-0.39, 0.29) is 5.56 Å². The molecule has 4 aromatic rings. The summed E-state index contributed by atoms with van der Waals surface area (Å²) >= 11 is 0. The van der Waals surface area contributed by atoms with Gasteiger partial charge >= 0.3 is 0 Å². The third kappa shape index (κ3) is 1.37. The summed E-state index contributed by atoms with van der Waals surface area (Å²) in [6.45, 7) is 0. The minimum Gasteiger partial charge on any atom is -0.205 e. The summed E-state index contributed by atoms with van der Waals surface area (Å²) < 4.78 is 26.3. The molecular formula is C17H10F2. The Morgan fingerprint density at radius 3 is 1.89 bits per heavy atom. The normalized spacial score (nSPS) is 12.2. The standard InChI is InChI=1S/C17H10F2/c18-17(19)14-9-7-12-5-4-10-2-1-3-11-6-8-13(14)16(12)15(10)11/h1-9,17H. The molecule has 0 bridgehead atoms. The molecule has 0 aliphatic heterocycles. The van der Waals surface area contributed by atoms with E-state index in [1.54, 1.807) is 6.07 Å². The van der Waals surface area contributed by atoms with Crippen molar-refractivity contribution in [1.29, 1.82) is 0 Å². The van der Waals surface area contributed by atoms with Crippen molar-refractivity contribution in [1.82, 2.24) is 0 Å². The third-order valence-corrected chi connectivity index (χ3v) is 3.80. The molecule has 0 saturated heterocycles. The molecule has 0 saturated carbocycles. The van der Waals surface area contributed by atoms with Gasteiger partial charge in [-0.25, -0.2) is 8.78 Å². The van der Waals surface area contributed by atoms with Crippen LogP contribution in [0.4, 0.5) is 8.78 Å². The van der Waals surface area contributed by atoms with Gasteiger partial charge in [-0.05, 0) is 32.3 Å². The summed E-state index contributed by atoms with van der Waals surface area (Å²) in [6.07, 6.45) is -2.44. The van der Waals surface area contributed by atoms with Crippen LogP contribution in [0, 0.1) is 0 Å². The molecule has 0 radical (unpaired) electrons. The zero-order valence-electron chi connectivity index (χ0n) is 10.0. The number of alkyl halides is 2. The first-order chi connectivity index (χ1) is 9.25. The van der Waals surface area contributed by atoms with Crippen LogP contribution in [0.25, 0.3) is 32.3 Å². The number of rotatable bonds is 1. The highest BCUT2D eigenvalue weighted by Crippen LogP contribution is 2.38. The quantitative estimate of drug-likeness (QED) is 0.391. The first-order valence-electron chi connectivity index (χ1n) is 6.20. The molecule has 2 heteroatoms. The summed E-state index contributed by atoms with van der Waals surface area (Å²) in [5.41, 5.74) is 0.116. The Labute approximate surface area is 108 Å². The van der Waals surface area contributed by atoms with E-state index >= 15 is 0 Å². The lowest BCUT2D eigenvalue weighted by Crippen LogP contribution is -1.90. The van der Waals surface area contributed by atoms with E-state index in [2.05, 4.69) is 0 Å². The largest absolute Gasteiger partial charge is 0.264 e. The van der Waals surface area contributed by atoms with Crippen LogP contribution in [-0.4, -0.2) is 0 Å². The monoisotopic (exact) mass is 252 g/mol. The highest BCUT2D eigenvalue weighted by Gasteiger charge is 2.15. The minimum absolute atomic E-state index is 0.116. The summed E-state index contributed by atoms with van der Waals surface area (Å²) in [5.74, 6) is 0. The lowest BCUT2D eigenvalue weighted by Gasteiger charge is -2.13. The van der Waals surface area contributed by atoms with Crippen LogP contribution in [0.15, 0.2) is 54.6 Å². The van der Waals surface area contributed by atoms with Crippen molar-refractivity contribution in [3.8, 4) is 0 Å². The second-order valence-corrected chi connectivity index (χ2v) is 4.81. The van der Waals surface area contributed by atoms with Crippen molar-refractivity contribution in [2.24, 2.45) is 0 Å². The number of benzene rings is 4. The van der Waals surface area contributed by atoms with Crippen LogP contribution >= 0.6 is 0 Å². The zero-order valence-corrected chi connectivity index (χ0v) is 10.0. The fourth-order valence-corrected chi connectivity index (χ4v) is 2.95. The van der Waals surface area contributed by atoms with Gasteiger partial charge in [0.15, 0.2) is 0 Å². The van der Waals surface area contributed by atoms with Gasteiger partial charge in [0.1, 0.15) is 0 Å². The first kappa shape index (κ1) is 10.7. The van der Waals surface area contributed by atoms with E-state index in [4.69, 9.17) is 0 Å². The zero-order chi connectivity index (χ0) is 13.0. The van der Waals surface area contributed by atoms with Gasteiger partial charge in [-0.3, -0.25) is 0 Å². The Bertz CT molecular complexity index is 878. The Hall–Kier alpha value is -2.22. The Morgan fingerprint density at radius 1 is 0.632 bits per heavy atom. The van der Waals surface area contributed by atoms with E-state index in [1.807, 2.05) is 42.5 Å². The Morgan fingerprint density at radius 2 is 1.21 bits per heavy atom. The van der Waals surface area contributed by atoms with Crippen LogP contribution in [0.1, 0.15) is 12.0 Å². The second kappa shape index (κ2) is 3.64. The molecule has 0 atom stereocenters. The average molecular weight is 252 g/mol. The predicted molar refractivity (Wildman–Crippen MR) is 75.1 cm³/mol. The van der Waals surface area contributed by atoms with Crippen molar-refractivity contribution >= 4 is 32.3 Å². The van der Waals surface area contributed by atoms with Gasteiger partial charge in [0.2, 0.25) is 0 Å². The van der Waals surface area contributed by atoms with Gasteiger partial charge in [0.05, 0.1) is 0 Å². The number of hydrogen-bond donors (Lipinski definition) is 0. The number of hydrogen-bond acceptors (Lipinski definition) is 0. The predicted octanol–water partition coefficient (Wildman–Crippen LogP) is 5.52. The molecule has 0 aromatic heterocycles. The third-order valence-electron chi connectivity index (χ3n) is 3.80. The summed E-state index contributed by atoms with van der Waals surface area (Å²) in [7, 11) is 0. The molecule has 0 amide bonds. The highest BCUT2D eigenvalue weighted by atomic mass is 19.3. The molecule has 0 fully saturated rings. The van der Waals surface area contributed by atoms with E-state index in [0.717, 1.165) is 26.9 Å². The van der Waals surface area contributed by atoms with Crippen LogP contribution in [0.3, 0.4) is 0 Å². The summed E-state index contributed by atoms with van der Waals surface area (Å²) in [5, 5.41) is 5.91. The molecule has 0 unspecified atom stereocenters. The molecule has 19 heavy (non-hydrogen) atoms. The van der Waals surface area contributed by atoms with Crippen molar-refractivity contribution in [2.45, 2.75) is 6.43 Å². The topological polar surface area (TPSA) is 0 Å². The van der Waals surface area contributed by atoms with E-state index in [0.29, 0.717) is 5.39 Å². The van der Waals surface area contributed by atoms with Gasteiger partial charge in [-0.1, -0.05) is 54.6 Å². The maximum absolute atomic E-state index is 13.1. The van der Waals surface area contributed by atoms with Gasteiger partial charge in [-0.15, -0.1) is 0 Å². The van der Waals surface area contributed by atoms with Crippen LogP contribution in [-0.2, 0) is 0 Å². The average Bonchev–Trinajstić information content (AvgIpc) is 2.44. The van der Waals surface area contributed by atoms with Gasteiger partial charge in [0.25, 0.3) is 6.43 Å². The molecule has 0 nitrogen and oxygen atoms in total. The van der Waals surface area contributed by atoms with E-state index < -0.39 is 6.43 Å². The van der Waals surface area contributed by atoms with Crippen molar-refractivity contribution in [2.75, 3.05) is 0 Å². The lowest BCUT2D eigenvalue weighted by atomic mass is 9.92. The molecular weight excluding hydrogens is 242 g/mol. The molecule has 4 rings (SSSR count). The van der Waals surface area contributed by atoms with Crippen molar-refractivity contribution < 1.29 is 8.78 Å². The molecule has 4 aromatic carbocycles.